The van der Waals surface area contributed by atoms with Crippen molar-refractivity contribution in [2.45, 2.75) is 48.7 Å². The predicted octanol–water partition coefficient (Wildman–Crippen LogP) is 4.18. The third kappa shape index (κ3) is 3.88. The molecule has 0 bridgehead atoms. The predicted molar refractivity (Wildman–Crippen MR) is 106 cm³/mol. The first-order chi connectivity index (χ1) is 12.3. The van der Waals surface area contributed by atoms with Gasteiger partial charge in [-0.05, 0) is 42.7 Å². The molecule has 0 radical (unpaired) electrons. The fourth-order valence-electron chi connectivity index (χ4n) is 2.96. The van der Waals surface area contributed by atoms with Crippen molar-refractivity contribution in [2.75, 3.05) is 10.0 Å². The van der Waals surface area contributed by atoms with Crippen LogP contribution in [-0.2, 0) is 21.2 Å². The smallest absolute Gasteiger partial charge is 0.261 e. The Labute approximate surface area is 158 Å². The number of hydrogen-bond donors (Lipinski definition) is 2. The Morgan fingerprint density at radius 3 is 2.77 bits per heavy atom. The topological polar surface area (TPSA) is 75.3 Å². The summed E-state index contributed by atoms with van der Waals surface area (Å²) in [6, 6.07) is 10.6. The maximum atomic E-state index is 12.9. The maximum Gasteiger partial charge on any atom is 0.261 e. The van der Waals surface area contributed by atoms with Crippen molar-refractivity contribution < 1.29 is 13.2 Å². The van der Waals surface area contributed by atoms with Crippen molar-refractivity contribution >= 4 is 39.1 Å². The normalized spacial score (nSPS) is 17.2. The average molecular weight is 391 g/mol. The van der Waals surface area contributed by atoms with E-state index in [-0.39, 0.29) is 16.1 Å². The average Bonchev–Trinajstić information content (AvgIpc) is 2.72. The molecule has 0 fully saturated rings. The zero-order valence-electron chi connectivity index (χ0n) is 15.0. The van der Waals surface area contributed by atoms with Gasteiger partial charge in [0.15, 0.2) is 0 Å². The molecule has 1 heterocycles. The number of hydrogen-bond acceptors (Lipinski definition) is 4. The van der Waals surface area contributed by atoms with Crippen molar-refractivity contribution in [3.05, 3.63) is 47.5 Å². The standard InChI is InChI=1S/C19H22N2O3S2/c1-4-14-7-5-6-12(2)19(14)21-26(23,24)15-8-9-17-16(11-15)20-18(22)10-13(3)25-17/h5-9,11,13,21H,4,10H2,1-3H3,(H,20,22)/t13-/m1/s1. The van der Waals surface area contributed by atoms with Crippen molar-refractivity contribution in [3.63, 3.8) is 0 Å². The zero-order valence-corrected chi connectivity index (χ0v) is 16.6. The van der Waals surface area contributed by atoms with Crippen LogP contribution in [0.4, 0.5) is 11.4 Å². The van der Waals surface area contributed by atoms with E-state index in [1.807, 2.05) is 39.0 Å². The van der Waals surface area contributed by atoms with Crippen LogP contribution in [0.15, 0.2) is 46.2 Å². The number of carbonyl (C=O) groups is 1. The van der Waals surface area contributed by atoms with E-state index >= 15 is 0 Å². The summed E-state index contributed by atoms with van der Waals surface area (Å²) in [4.78, 5) is 13.0. The van der Waals surface area contributed by atoms with Crippen LogP contribution in [0.1, 0.15) is 31.4 Å². The number of carbonyl (C=O) groups excluding carboxylic acids is 1. The molecule has 0 saturated carbocycles. The minimum absolute atomic E-state index is 0.0987. The fraction of sp³-hybridized carbons (Fsp3) is 0.316. The first-order valence-corrected chi connectivity index (χ1v) is 10.9. The SMILES string of the molecule is CCc1cccc(C)c1NS(=O)(=O)c1ccc2c(c1)NC(=O)C[C@@H](C)S2. The lowest BCUT2D eigenvalue weighted by Gasteiger charge is -2.15. The first-order valence-electron chi connectivity index (χ1n) is 8.52. The van der Waals surface area contributed by atoms with E-state index in [4.69, 9.17) is 0 Å². The number of amides is 1. The molecular formula is C19H22N2O3S2. The molecule has 1 amide bonds. The van der Waals surface area contributed by atoms with Crippen LogP contribution in [0.3, 0.4) is 0 Å². The van der Waals surface area contributed by atoms with E-state index in [0.717, 1.165) is 22.4 Å². The van der Waals surface area contributed by atoms with Gasteiger partial charge in [-0.15, -0.1) is 11.8 Å². The van der Waals surface area contributed by atoms with Gasteiger partial charge in [0.05, 0.1) is 16.3 Å². The van der Waals surface area contributed by atoms with Crippen LogP contribution >= 0.6 is 11.8 Å². The maximum absolute atomic E-state index is 12.9. The second-order valence-corrected chi connectivity index (χ2v) is 9.57. The second-order valence-electron chi connectivity index (χ2n) is 6.41. The molecule has 26 heavy (non-hydrogen) atoms. The lowest BCUT2D eigenvalue weighted by molar-refractivity contribution is -0.116. The summed E-state index contributed by atoms with van der Waals surface area (Å²) in [5, 5.41) is 2.96. The molecular weight excluding hydrogens is 368 g/mol. The molecule has 0 aromatic heterocycles. The molecule has 2 N–H and O–H groups in total. The Morgan fingerprint density at radius 1 is 1.27 bits per heavy atom. The van der Waals surface area contributed by atoms with E-state index in [9.17, 15) is 13.2 Å². The molecule has 5 nitrogen and oxygen atoms in total. The molecule has 0 spiro atoms. The summed E-state index contributed by atoms with van der Waals surface area (Å²) in [7, 11) is -3.76. The fourth-order valence-corrected chi connectivity index (χ4v) is 5.21. The van der Waals surface area contributed by atoms with Gasteiger partial charge >= 0.3 is 0 Å². The third-order valence-electron chi connectivity index (χ3n) is 4.31. The van der Waals surface area contributed by atoms with Crippen LogP contribution < -0.4 is 10.0 Å². The highest BCUT2D eigenvalue weighted by Crippen LogP contribution is 2.36. The monoisotopic (exact) mass is 390 g/mol. The second kappa shape index (κ2) is 7.32. The van der Waals surface area contributed by atoms with Gasteiger partial charge in [-0.2, -0.15) is 0 Å². The number of aryl methyl sites for hydroxylation is 2. The largest absolute Gasteiger partial charge is 0.325 e. The molecule has 3 rings (SSSR count). The molecule has 7 heteroatoms. The highest BCUT2D eigenvalue weighted by Gasteiger charge is 2.23. The summed E-state index contributed by atoms with van der Waals surface area (Å²) in [6.45, 7) is 5.85. The summed E-state index contributed by atoms with van der Waals surface area (Å²) in [5.74, 6) is -0.0987. The van der Waals surface area contributed by atoms with Crippen molar-refractivity contribution in [1.82, 2.24) is 0 Å². The van der Waals surface area contributed by atoms with Gasteiger partial charge in [-0.25, -0.2) is 8.42 Å². The highest BCUT2D eigenvalue weighted by atomic mass is 32.2. The van der Waals surface area contributed by atoms with Gasteiger partial charge in [0, 0.05) is 16.6 Å². The number of para-hydroxylation sites is 1. The molecule has 0 aliphatic carbocycles. The molecule has 1 atom stereocenters. The summed E-state index contributed by atoms with van der Waals surface area (Å²) in [6.07, 6.45) is 1.14. The number of nitrogens with one attached hydrogen (secondary N) is 2. The molecule has 0 saturated heterocycles. The minimum Gasteiger partial charge on any atom is -0.325 e. The number of benzene rings is 2. The lowest BCUT2D eigenvalue weighted by Crippen LogP contribution is -2.16. The van der Waals surface area contributed by atoms with Crippen LogP contribution in [0, 0.1) is 6.92 Å². The van der Waals surface area contributed by atoms with Crippen LogP contribution in [0.25, 0.3) is 0 Å². The molecule has 0 unspecified atom stereocenters. The minimum atomic E-state index is -3.76. The number of sulfonamides is 1. The van der Waals surface area contributed by atoms with Gasteiger partial charge in [0.25, 0.3) is 10.0 Å². The van der Waals surface area contributed by atoms with Gasteiger partial charge in [-0.1, -0.05) is 32.0 Å². The summed E-state index contributed by atoms with van der Waals surface area (Å²) >= 11 is 1.57. The van der Waals surface area contributed by atoms with Crippen molar-refractivity contribution in [1.29, 1.82) is 0 Å². The van der Waals surface area contributed by atoms with Gasteiger partial charge in [-0.3, -0.25) is 9.52 Å². The van der Waals surface area contributed by atoms with E-state index < -0.39 is 10.0 Å². The molecule has 1 aliphatic heterocycles. The van der Waals surface area contributed by atoms with Crippen LogP contribution in [0.5, 0.6) is 0 Å². The van der Waals surface area contributed by atoms with Gasteiger partial charge in [0.1, 0.15) is 0 Å². The van der Waals surface area contributed by atoms with Crippen LogP contribution in [-0.4, -0.2) is 19.6 Å². The molecule has 1 aliphatic rings. The Kier molecular flexibility index (Phi) is 5.29. The third-order valence-corrected chi connectivity index (χ3v) is 6.84. The number of rotatable bonds is 4. The van der Waals surface area contributed by atoms with Crippen molar-refractivity contribution in [2.24, 2.45) is 0 Å². The number of thioether (sulfide) groups is 1. The highest BCUT2D eigenvalue weighted by molar-refractivity contribution is 8.00. The zero-order chi connectivity index (χ0) is 18.9. The Hall–Kier alpha value is -1.99. The molecule has 2 aromatic carbocycles. The van der Waals surface area contributed by atoms with Crippen LogP contribution in [0.2, 0.25) is 0 Å². The number of anilines is 2. The molecule has 2 aromatic rings. The van der Waals surface area contributed by atoms with E-state index in [0.29, 0.717) is 17.8 Å². The summed E-state index contributed by atoms with van der Waals surface area (Å²) in [5.41, 5.74) is 2.99. The van der Waals surface area contributed by atoms with Gasteiger partial charge in [0.2, 0.25) is 5.91 Å². The lowest BCUT2D eigenvalue weighted by atomic mass is 10.1. The van der Waals surface area contributed by atoms with Crippen molar-refractivity contribution in [3.8, 4) is 0 Å². The quantitative estimate of drug-likeness (QED) is 0.821. The molecule has 138 valence electrons. The Morgan fingerprint density at radius 2 is 2.04 bits per heavy atom. The Balaban J connectivity index is 1.98. The summed E-state index contributed by atoms with van der Waals surface area (Å²) < 4.78 is 28.5. The first kappa shape index (κ1) is 18.8. The van der Waals surface area contributed by atoms with E-state index in [1.54, 1.807) is 23.9 Å². The Bertz CT molecular complexity index is 955. The number of fused-ring (bicyclic) bond motifs is 1. The van der Waals surface area contributed by atoms with E-state index in [1.165, 1.54) is 6.07 Å². The van der Waals surface area contributed by atoms with E-state index in [2.05, 4.69) is 10.0 Å². The van der Waals surface area contributed by atoms with Gasteiger partial charge < -0.3 is 5.32 Å².